The molecular weight excluding hydrogens is 262 g/mol. The summed E-state index contributed by atoms with van der Waals surface area (Å²) in [6, 6.07) is 8.34. The summed E-state index contributed by atoms with van der Waals surface area (Å²) >= 11 is 0. The molecule has 1 atom stereocenters. The summed E-state index contributed by atoms with van der Waals surface area (Å²) in [5, 5.41) is 12.8. The van der Waals surface area contributed by atoms with E-state index in [0.29, 0.717) is 5.92 Å². The molecule has 0 aliphatic carbocycles. The van der Waals surface area contributed by atoms with Gasteiger partial charge in [0.15, 0.2) is 0 Å². The van der Waals surface area contributed by atoms with Crippen molar-refractivity contribution in [1.82, 2.24) is 5.32 Å². The first-order chi connectivity index (χ1) is 10.0. The summed E-state index contributed by atoms with van der Waals surface area (Å²) < 4.78 is 5.82. The molecule has 120 valence electrons. The number of aliphatic hydroxyl groups is 1. The van der Waals surface area contributed by atoms with Crippen LogP contribution in [0.2, 0.25) is 0 Å². The monoisotopic (exact) mass is 293 g/mol. The largest absolute Gasteiger partial charge is 0.494 e. The summed E-state index contributed by atoms with van der Waals surface area (Å²) in [4.78, 5) is 0. The summed E-state index contributed by atoms with van der Waals surface area (Å²) in [7, 11) is 0. The van der Waals surface area contributed by atoms with Crippen LogP contribution in [-0.4, -0.2) is 30.4 Å². The normalized spacial score (nSPS) is 14.2. The molecule has 2 N–H and O–H groups in total. The molecule has 0 saturated carbocycles. The number of unbranched alkanes of at least 4 members (excludes halogenated alkanes) is 1. The minimum atomic E-state index is -0.160. The van der Waals surface area contributed by atoms with E-state index in [0.717, 1.165) is 38.2 Å². The second kappa shape index (κ2) is 9.06. The summed E-state index contributed by atoms with van der Waals surface area (Å²) in [5.41, 5.74) is 1.15. The molecule has 0 amide bonds. The van der Waals surface area contributed by atoms with Crippen molar-refractivity contribution >= 4 is 0 Å². The number of hydrogen-bond acceptors (Lipinski definition) is 3. The minimum Gasteiger partial charge on any atom is -0.494 e. The van der Waals surface area contributed by atoms with Crippen LogP contribution in [0.5, 0.6) is 5.75 Å². The first-order valence-electron chi connectivity index (χ1n) is 8.09. The molecule has 0 spiro atoms. The van der Waals surface area contributed by atoms with Gasteiger partial charge < -0.3 is 15.2 Å². The number of hydrogen-bond donors (Lipinski definition) is 2. The number of likely N-dealkylation sites (N-methyl/N-ethyl adjacent to an activating group) is 1. The Balaban J connectivity index is 2.29. The Bertz CT molecular complexity index is 406. The van der Waals surface area contributed by atoms with Gasteiger partial charge in [-0.25, -0.2) is 0 Å². The number of ether oxygens (including phenoxy) is 1. The first kappa shape index (κ1) is 18.0. The first-order valence-corrected chi connectivity index (χ1v) is 8.09. The van der Waals surface area contributed by atoms with Crippen molar-refractivity contribution in [2.75, 3.05) is 19.8 Å². The second-order valence-electron chi connectivity index (χ2n) is 6.28. The van der Waals surface area contributed by atoms with E-state index in [1.165, 1.54) is 5.56 Å². The van der Waals surface area contributed by atoms with Gasteiger partial charge >= 0.3 is 0 Å². The zero-order valence-electron chi connectivity index (χ0n) is 14.0. The molecule has 0 saturated heterocycles. The van der Waals surface area contributed by atoms with E-state index in [-0.39, 0.29) is 12.1 Å². The van der Waals surface area contributed by atoms with E-state index in [9.17, 15) is 5.11 Å². The zero-order valence-corrected chi connectivity index (χ0v) is 14.0. The van der Waals surface area contributed by atoms with E-state index >= 15 is 0 Å². The molecule has 1 rings (SSSR count). The molecule has 0 aromatic heterocycles. The Kier molecular flexibility index (Phi) is 7.76. The molecular formula is C18H31NO2. The predicted molar refractivity (Wildman–Crippen MR) is 89.0 cm³/mol. The maximum absolute atomic E-state index is 9.44. The van der Waals surface area contributed by atoms with Gasteiger partial charge in [0.25, 0.3) is 0 Å². The average molecular weight is 293 g/mol. The van der Waals surface area contributed by atoms with Crippen molar-refractivity contribution in [2.24, 2.45) is 0 Å². The summed E-state index contributed by atoms with van der Waals surface area (Å²) in [5.74, 6) is 1.48. The van der Waals surface area contributed by atoms with Crippen LogP contribution < -0.4 is 10.1 Å². The van der Waals surface area contributed by atoms with Gasteiger partial charge in [-0.1, -0.05) is 32.9 Å². The topological polar surface area (TPSA) is 41.5 Å². The Labute approximate surface area is 129 Å². The third kappa shape index (κ3) is 6.49. The average Bonchev–Trinajstić information content (AvgIpc) is 2.47. The van der Waals surface area contributed by atoms with Crippen molar-refractivity contribution < 1.29 is 9.84 Å². The number of benzene rings is 1. The number of aliphatic hydroxyl groups excluding tert-OH is 1. The lowest BCUT2D eigenvalue weighted by Gasteiger charge is -2.28. The van der Waals surface area contributed by atoms with E-state index in [1.54, 1.807) is 0 Å². The van der Waals surface area contributed by atoms with Crippen molar-refractivity contribution in [3.05, 3.63) is 29.8 Å². The van der Waals surface area contributed by atoms with Crippen LogP contribution in [-0.2, 0) is 0 Å². The molecule has 0 heterocycles. The Morgan fingerprint density at radius 2 is 2.05 bits per heavy atom. The Hall–Kier alpha value is -1.06. The van der Waals surface area contributed by atoms with Gasteiger partial charge in [0.2, 0.25) is 0 Å². The van der Waals surface area contributed by atoms with E-state index in [1.807, 2.05) is 6.07 Å². The van der Waals surface area contributed by atoms with Crippen LogP contribution in [0.4, 0.5) is 0 Å². The molecule has 3 nitrogen and oxygen atoms in total. The van der Waals surface area contributed by atoms with E-state index < -0.39 is 0 Å². The van der Waals surface area contributed by atoms with Gasteiger partial charge in [0.05, 0.1) is 13.2 Å². The SMILES string of the molecule is CCNC(C)(CO)CCCCOc1cccc(C(C)C)c1. The van der Waals surface area contributed by atoms with Gasteiger partial charge in [-0.2, -0.15) is 0 Å². The molecule has 0 bridgehead atoms. The van der Waals surface area contributed by atoms with Crippen molar-refractivity contribution in [1.29, 1.82) is 0 Å². The number of rotatable bonds is 10. The van der Waals surface area contributed by atoms with E-state index in [4.69, 9.17) is 4.74 Å². The number of nitrogens with one attached hydrogen (secondary N) is 1. The van der Waals surface area contributed by atoms with Crippen LogP contribution in [0.25, 0.3) is 0 Å². The molecule has 3 heteroatoms. The lowest BCUT2D eigenvalue weighted by Crippen LogP contribution is -2.45. The smallest absolute Gasteiger partial charge is 0.119 e. The highest BCUT2D eigenvalue weighted by Gasteiger charge is 2.20. The second-order valence-corrected chi connectivity index (χ2v) is 6.28. The Morgan fingerprint density at radius 1 is 1.29 bits per heavy atom. The lowest BCUT2D eigenvalue weighted by molar-refractivity contribution is 0.162. The summed E-state index contributed by atoms with van der Waals surface area (Å²) in [6.45, 7) is 10.3. The molecule has 1 aromatic rings. The third-order valence-electron chi connectivity index (χ3n) is 3.87. The highest BCUT2D eigenvalue weighted by molar-refractivity contribution is 5.30. The van der Waals surface area contributed by atoms with Gasteiger partial charge in [0.1, 0.15) is 5.75 Å². The molecule has 0 fully saturated rings. The maximum Gasteiger partial charge on any atom is 0.119 e. The fourth-order valence-electron chi connectivity index (χ4n) is 2.42. The van der Waals surface area contributed by atoms with Gasteiger partial charge in [0, 0.05) is 5.54 Å². The van der Waals surface area contributed by atoms with Gasteiger partial charge in [-0.3, -0.25) is 0 Å². The molecule has 0 aliphatic rings. The molecule has 1 unspecified atom stereocenters. The predicted octanol–water partition coefficient (Wildman–Crippen LogP) is 3.72. The summed E-state index contributed by atoms with van der Waals surface area (Å²) in [6.07, 6.45) is 3.02. The third-order valence-corrected chi connectivity index (χ3v) is 3.87. The van der Waals surface area contributed by atoms with Crippen molar-refractivity contribution in [3.63, 3.8) is 0 Å². The van der Waals surface area contributed by atoms with E-state index in [2.05, 4.69) is 51.2 Å². The van der Waals surface area contributed by atoms with Crippen molar-refractivity contribution in [2.45, 2.75) is 58.4 Å². The molecule has 0 aliphatic heterocycles. The molecule has 1 aromatic carbocycles. The maximum atomic E-state index is 9.44. The van der Waals surface area contributed by atoms with Crippen LogP contribution in [0.1, 0.15) is 58.4 Å². The zero-order chi connectivity index (χ0) is 15.7. The minimum absolute atomic E-state index is 0.160. The van der Waals surface area contributed by atoms with Gasteiger partial charge in [-0.15, -0.1) is 0 Å². The van der Waals surface area contributed by atoms with Crippen LogP contribution >= 0.6 is 0 Å². The quantitative estimate of drug-likeness (QED) is 0.646. The highest BCUT2D eigenvalue weighted by atomic mass is 16.5. The molecule has 21 heavy (non-hydrogen) atoms. The standard InChI is InChI=1S/C18H31NO2/c1-5-19-18(4,14-20)11-6-7-12-21-17-10-8-9-16(13-17)15(2)3/h8-10,13,15,19-20H,5-7,11-12,14H2,1-4H3. The van der Waals surface area contributed by atoms with Crippen molar-refractivity contribution in [3.8, 4) is 5.75 Å². The fourth-order valence-corrected chi connectivity index (χ4v) is 2.42. The van der Waals surface area contributed by atoms with Crippen LogP contribution in [0, 0.1) is 0 Å². The fraction of sp³-hybridized carbons (Fsp3) is 0.667. The molecule has 0 radical (unpaired) electrons. The Morgan fingerprint density at radius 3 is 2.67 bits per heavy atom. The van der Waals surface area contributed by atoms with Crippen LogP contribution in [0.3, 0.4) is 0 Å². The van der Waals surface area contributed by atoms with Gasteiger partial charge in [-0.05, 0) is 56.3 Å². The van der Waals surface area contributed by atoms with Crippen LogP contribution in [0.15, 0.2) is 24.3 Å². The highest BCUT2D eigenvalue weighted by Crippen LogP contribution is 2.20. The lowest BCUT2D eigenvalue weighted by atomic mass is 9.96.